The molecule has 4 N–H and O–H groups in total. The molecule has 6 heteroatoms. The van der Waals surface area contributed by atoms with Crippen molar-refractivity contribution in [1.29, 1.82) is 0 Å². The number of benzene rings is 1. The SMILES string of the molecule is Cc1cccc(C)c1C(=O)OCC(O)[C@@H](N)CC(=O)O. The molecule has 0 aliphatic heterocycles. The smallest absolute Gasteiger partial charge is 0.338 e. The largest absolute Gasteiger partial charge is 0.481 e. The third kappa shape index (κ3) is 4.32. The highest BCUT2D eigenvalue weighted by Crippen LogP contribution is 2.14. The van der Waals surface area contributed by atoms with Crippen LogP contribution in [0.3, 0.4) is 0 Å². The summed E-state index contributed by atoms with van der Waals surface area (Å²) in [6.07, 6.45) is -1.60. The van der Waals surface area contributed by atoms with Crippen LogP contribution < -0.4 is 5.73 Å². The number of aryl methyl sites for hydroxylation is 2. The topological polar surface area (TPSA) is 110 Å². The Labute approximate surface area is 117 Å². The van der Waals surface area contributed by atoms with Gasteiger partial charge in [-0.3, -0.25) is 4.79 Å². The van der Waals surface area contributed by atoms with Crippen molar-refractivity contribution in [3.63, 3.8) is 0 Å². The minimum Gasteiger partial charge on any atom is -0.481 e. The summed E-state index contributed by atoms with van der Waals surface area (Å²) >= 11 is 0. The average Bonchev–Trinajstić information content (AvgIpc) is 2.34. The summed E-state index contributed by atoms with van der Waals surface area (Å²) < 4.78 is 4.99. The van der Waals surface area contributed by atoms with Crippen molar-refractivity contribution in [3.05, 3.63) is 34.9 Å². The van der Waals surface area contributed by atoms with Gasteiger partial charge in [-0.2, -0.15) is 0 Å². The van der Waals surface area contributed by atoms with E-state index in [-0.39, 0.29) is 13.0 Å². The van der Waals surface area contributed by atoms with Crippen LogP contribution in [0.4, 0.5) is 0 Å². The van der Waals surface area contributed by atoms with Crippen molar-refractivity contribution < 1.29 is 24.5 Å². The van der Waals surface area contributed by atoms with E-state index in [4.69, 9.17) is 15.6 Å². The zero-order valence-corrected chi connectivity index (χ0v) is 11.5. The highest BCUT2D eigenvalue weighted by atomic mass is 16.5. The lowest BCUT2D eigenvalue weighted by Crippen LogP contribution is -2.40. The molecule has 0 heterocycles. The van der Waals surface area contributed by atoms with E-state index < -0.39 is 24.1 Å². The number of carbonyl (C=O) groups is 2. The zero-order valence-electron chi connectivity index (χ0n) is 11.5. The maximum atomic E-state index is 11.9. The number of ether oxygens (including phenoxy) is 1. The third-order valence-electron chi connectivity index (χ3n) is 2.97. The number of rotatable bonds is 6. The number of nitrogens with two attached hydrogens (primary N) is 1. The summed E-state index contributed by atoms with van der Waals surface area (Å²) in [5, 5.41) is 18.2. The summed E-state index contributed by atoms with van der Waals surface area (Å²) in [6, 6.07) is 4.43. The van der Waals surface area contributed by atoms with E-state index in [1.807, 2.05) is 6.07 Å². The summed E-state index contributed by atoms with van der Waals surface area (Å²) in [7, 11) is 0. The van der Waals surface area contributed by atoms with Crippen LogP contribution in [-0.4, -0.2) is 40.9 Å². The summed E-state index contributed by atoms with van der Waals surface area (Å²) in [5.74, 6) is -1.67. The second-order valence-corrected chi connectivity index (χ2v) is 4.69. The minimum absolute atomic E-state index is 0.332. The quantitative estimate of drug-likeness (QED) is 0.659. The molecule has 1 aromatic carbocycles. The van der Waals surface area contributed by atoms with Gasteiger partial charge < -0.3 is 20.7 Å². The molecule has 110 valence electrons. The van der Waals surface area contributed by atoms with Crippen molar-refractivity contribution >= 4 is 11.9 Å². The van der Waals surface area contributed by atoms with Gasteiger partial charge in [0.2, 0.25) is 0 Å². The number of esters is 1. The highest BCUT2D eigenvalue weighted by Gasteiger charge is 2.21. The van der Waals surface area contributed by atoms with Crippen LogP contribution in [0.25, 0.3) is 0 Å². The fourth-order valence-electron chi connectivity index (χ4n) is 1.83. The molecule has 0 saturated heterocycles. The van der Waals surface area contributed by atoms with Gasteiger partial charge >= 0.3 is 11.9 Å². The van der Waals surface area contributed by atoms with Crippen molar-refractivity contribution in [2.75, 3.05) is 6.61 Å². The Morgan fingerprint density at radius 3 is 2.35 bits per heavy atom. The van der Waals surface area contributed by atoms with E-state index in [0.29, 0.717) is 5.56 Å². The van der Waals surface area contributed by atoms with Crippen molar-refractivity contribution in [3.8, 4) is 0 Å². The Hall–Kier alpha value is -1.92. The van der Waals surface area contributed by atoms with E-state index in [1.165, 1.54) is 0 Å². The van der Waals surface area contributed by atoms with Crippen LogP contribution in [0, 0.1) is 13.8 Å². The van der Waals surface area contributed by atoms with Crippen molar-refractivity contribution in [2.45, 2.75) is 32.4 Å². The second kappa shape index (κ2) is 7.02. The van der Waals surface area contributed by atoms with E-state index in [1.54, 1.807) is 26.0 Å². The van der Waals surface area contributed by atoms with E-state index in [2.05, 4.69) is 0 Å². The molecular formula is C14H19NO5. The van der Waals surface area contributed by atoms with Crippen LogP contribution in [0.2, 0.25) is 0 Å². The number of aliphatic hydroxyl groups is 1. The molecular weight excluding hydrogens is 262 g/mol. The Morgan fingerprint density at radius 2 is 1.85 bits per heavy atom. The summed E-state index contributed by atoms with van der Waals surface area (Å²) in [6.45, 7) is 3.24. The van der Waals surface area contributed by atoms with Gasteiger partial charge in [-0.1, -0.05) is 18.2 Å². The number of carboxylic acid groups (broad SMARTS) is 1. The minimum atomic E-state index is -1.21. The molecule has 0 saturated carbocycles. The van der Waals surface area contributed by atoms with Gasteiger partial charge in [-0.15, -0.1) is 0 Å². The maximum Gasteiger partial charge on any atom is 0.338 e. The molecule has 0 radical (unpaired) electrons. The second-order valence-electron chi connectivity index (χ2n) is 4.69. The molecule has 1 rings (SSSR count). The molecule has 0 amide bonds. The number of hydrogen-bond donors (Lipinski definition) is 3. The highest BCUT2D eigenvalue weighted by molar-refractivity contribution is 5.92. The predicted molar refractivity (Wildman–Crippen MR) is 72.4 cm³/mol. The molecule has 0 aliphatic rings. The number of carboxylic acids is 1. The molecule has 0 fully saturated rings. The first-order chi connectivity index (χ1) is 9.32. The van der Waals surface area contributed by atoms with Gasteiger partial charge in [0, 0.05) is 6.04 Å². The van der Waals surface area contributed by atoms with Gasteiger partial charge in [-0.05, 0) is 25.0 Å². The lowest BCUT2D eigenvalue weighted by atomic mass is 10.0. The zero-order chi connectivity index (χ0) is 15.3. The first-order valence-electron chi connectivity index (χ1n) is 6.21. The predicted octanol–water partition coefficient (Wildman–Crippen LogP) is 0.623. The summed E-state index contributed by atoms with van der Waals surface area (Å²) in [5.41, 5.74) is 7.49. The number of carbonyl (C=O) groups excluding carboxylic acids is 1. The molecule has 0 aliphatic carbocycles. The van der Waals surface area contributed by atoms with Crippen molar-refractivity contribution in [2.24, 2.45) is 5.73 Å². The van der Waals surface area contributed by atoms with Gasteiger partial charge in [0.05, 0.1) is 12.0 Å². The van der Waals surface area contributed by atoms with E-state index in [0.717, 1.165) is 11.1 Å². The molecule has 0 spiro atoms. The van der Waals surface area contributed by atoms with Crippen LogP contribution >= 0.6 is 0 Å². The number of aliphatic carboxylic acids is 1. The Balaban J connectivity index is 2.61. The van der Waals surface area contributed by atoms with Gasteiger partial charge in [0.15, 0.2) is 0 Å². The fourth-order valence-corrected chi connectivity index (χ4v) is 1.83. The van der Waals surface area contributed by atoms with E-state index in [9.17, 15) is 14.7 Å². The maximum absolute atomic E-state index is 11.9. The molecule has 0 aromatic heterocycles. The van der Waals surface area contributed by atoms with Crippen LogP contribution in [0.15, 0.2) is 18.2 Å². The number of hydrogen-bond acceptors (Lipinski definition) is 5. The fraction of sp³-hybridized carbons (Fsp3) is 0.429. The Kier molecular flexibility index (Phi) is 5.66. The van der Waals surface area contributed by atoms with Crippen LogP contribution in [0.1, 0.15) is 27.9 Å². The number of aliphatic hydroxyl groups excluding tert-OH is 1. The molecule has 1 unspecified atom stereocenters. The lowest BCUT2D eigenvalue weighted by molar-refractivity contribution is -0.138. The Bertz CT molecular complexity index is 480. The summed E-state index contributed by atoms with van der Waals surface area (Å²) in [4.78, 5) is 22.4. The van der Waals surface area contributed by atoms with Crippen molar-refractivity contribution in [1.82, 2.24) is 0 Å². The first kappa shape index (κ1) is 16.1. The standard InChI is InChI=1S/C14H19NO5/c1-8-4-3-5-9(2)13(8)14(19)20-7-11(16)10(15)6-12(17)18/h3-5,10-11,16H,6-7,15H2,1-2H3,(H,17,18)/t10-,11?/m0/s1. The van der Waals surface area contributed by atoms with Crippen LogP contribution in [0.5, 0.6) is 0 Å². The third-order valence-corrected chi connectivity index (χ3v) is 2.97. The molecule has 0 bridgehead atoms. The Morgan fingerprint density at radius 1 is 1.30 bits per heavy atom. The average molecular weight is 281 g/mol. The van der Waals surface area contributed by atoms with Gasteiger partial charge in [-0.25, -0.2) is 4.79 Å². The molecule has 1 aromatic rings. The van der Waals surface area contributed by atoms with Gasteiger partial charge in [0.25, 0.3) is 0 Å². The first-order valence-corrected chi connectivity index (χ1v) is 6.21. The monoisotopic (exact) mass is 281 g/mol. The van der Waals surface area contributed by atoms with Crippen LogP contribution in [-0.2, 0) is 9.53 Å². The molecule has 20 heavy (non-hydrogen) atoms. The van der Waals surface area contributed by atoms with Gasteiger partial charge in [0.1, 0.15) is 12.7 Å². The lowest BCUT2D eigenvalue weighted by Gasteiger charge is -2.17. The van der Waals surface area contributed by atoms with E-state index >= 15 is 0 Å². The normalized spacial score (nSPS) is 13.6. The molecule has 6 nitrogen and oxygen atoms in total. The molecule has 2 atom stereocenters.